The van der Waals surface area contributed by atoms with Gasteiger partial charge in [0.25, 0.3) is 5.91 Å². The summed E-state index contributed by atoms with van der Waals surface area (Å²) in [6, 6.07) is 9.98. The number of carbonyl (C=O) groups is 1. The van der Waals surface area contributed by atoms with E-state index in [1.807, 2.05) is 35.2 Å². The predicted octanol–water partition coefficient (Wildman–Crippen LogP) is 3.29. The molecule has 0 radical (unpaired) electrons. The summed E-state index contributed by atoms with van der Waals surface area (Å²) in [5.74, 6) is 1.44. The summed E-state index contributed by atoms with van der Waals surface area (Å²) >= 11 is 0. The van der Waals surface area contributed by atoms with E-state index in [-0.39, 0.29) is 5.91 Å². The molecule has 1 aromatic carbocycles. The van der Waals surface area contributed by atoms with E-state index in [4.69, 9.17) is 0 Å². The van der Waals surface area contributed by atoms with Gasteiger partial charge in [-0.2, -0.15) is 0 Å². The van der Waals surface area contributed by atoms with Crippen molar-refractivity contribution in [3.8, 4) is 0 Å². The van der Waals surface area contributed by atoms with E-state index in [0.717, 1.165) is 30.4 Å². The number of rotatable bonds is 2. The molecule has 19 heavy (non-hydrogen) atoms. The van der Waals surface area contributed by atoms with Gasteiger partial charge >= 0.3 is 0 Å². The molecule has 0 saturated carbocycles. The van der Waals surface area contributed by atoms with E-state index in [9.17, 15) is 4.79 Å². The number of benzene rings is 1. The van der Waals surface area contributed by atoms with Crippen molar-refractivity contribution in [1.29, 1.82) is 0 Å². The first-order valence-electron chi connectivity index (χ1n) is 7.02. The number of nitrogens with one attached hydrogen (secondary N) is 1. The quantitative estimate of drug-likeness (QED) is 0.879. The molecule has 0 aliphatic carbocycles. The number of nitrogens with zero attached hydrogens (tertiary/aromatic N) is 1. The van der Waals surface area contributed by atoms with Gasteiger partial charge < -0.3 is 9.88 Å². The Kier molecular flexibility index (Phi) is 3.05. The van der Waals surface area contributed by atoms with E-state index in [1.165, 1.54) is 0 Å². The van der Waals surface area contributed by atoms with Crippen LogP contribution in [-0.4, -0.2) is 28.9 Å². The Morgan fingerprint density at radius 1 is 1.37 bits per heavy atom. The fourth-order valence-corrected chi connectivity index (χ4v) is 2.87. The fraction of sp³-hybridized carbons (Fsp3) is 0.438. The lowest BCUT2D eigenvalue weighted by Gasteiger charge is -2.17. The van der Waals surface area contributed by atoms with E-state index in [1.54, 1.807) is 0 Å². The zero-order valence-corrected chi connectivity index (χ0v) is 11.5. The average molecular weight is 256 g/mol. The van der Waals surface area contributed by atoms with Crippen LogP contribution in [0.25, 0.3) is 10.9 Å². The molecule has 2 heterocycles. The third-order valence-corrected chi connectivity index (χ3v) is 4.22. The summed E-state index contributed by atoms with van der Waals surface area (Å²) in [5, 5.41) is 1.10. The summed E-state index contributed by atoms with van der Waals surface area (Å²) in [6.45, 7) is 6.26. The fourth-order valence-electron chi connectivity index (χ4n) is 2.87. The Morgan fingerprint density at radius 2 is 2.16 bits per heavy atom. The summed E-state index contributed by atoms with van der Waals surface area (Å²) in [7, 11) is 0. The maximum absolute atomic E-state index is 12.5. The number of aromatic nitrogens is 1. The van der Waals surface area contributed by atoms with Gasteiger partial charge in [-0.1, -0.05) is 32.0 Å². The minimum Gasteiger partial charge on any atom is -0.351 e. The lowest BCUT2D eigenvalue weighted by molar-refractivity contribution is 0.0779. The molecular formula is C16H20N2O. The zero-order valence-electron chi connectivity index (χ0n) is 11.5. The summed E-state index contributed by atoms with van der Waals surface area (Å²) in [6.07, 6.45) is 1.13. The van der Waals surface area contributed by atoms with Crippen molar-refractivity contribution < 1.29 is 4.79 Å². The number of carbonyl (C=O) groups excluding carboxylic acids is 1. The molecule has 0 bridgehead atoms. The maximum atomic E-state index is 12.5. The standard InChI is InChI=1S/C16H20N2O/c1-11(2)13-7-8-18(10-13)16(19)15-9-12-5-3-4-6-14(12)17-15/h3-6,9,11,13,17H,7-8,10H2,1-2H3. The van der Waals surface area contributed by atoms with Crippen LogP contribution >= 0.6 is 0 Å². The van der Waals surface area contributed by atoms with Gasteiger partial charge in [-0.15, -0.1) is 0 Å². The highest BCUT2D eigenvalue weighted by Crippen LogP contribution is 2.25. The first kappa shape index (κ1) is 12.3. The van der Waals surface area contributed by atoms with E-state index in [2.05, 4.69) is 18.8 Å². The van der Waals surface area contributed by atoms with Crippen molar-refractivity contribution in [3.63, 3.8) is 0 Å². The number of amides is 1. The van der Waals surface area contributed by atoms with Crippen LogP contribution in [0.2, 0.25) is 0 Å². The molecule has 1 aliphatic rings. The molecule has 0 spiro atoms. The van der Waals surface area contributed by atoms with Crippen molar-refractivity contribution in [3.05, 3.63) is 36.0 Å². The Balaban J connectivity index is 1.80. The first-order chi connectivity index (χ1) is 9.15. The predicted molar refractivity (Wildman–Crippen MR) is 77.1 cm³/mol. The minimum atomic E-state index is 0.138. The minimum absolute atomic E-state index is 0.138. The van der Waals surface area contributed by atoms with Crippen molar-refractivity contribution in [2.45, 2.75) is 20.3 Å². The number of aromatic amines is 1. The molecule has 3 rings (SSSR count). The van der Waals surface area contributed by atoms with Crippen molar-refractivity contribution in [1.82, 2.24) is 9.88 Å². The molecule has 2 aromatic rings. The van der Waals surface area contributed by atoms with Crippen LogP contribution in [0, 0.1) is 11.8 Å². The molecular weight excluding hydrogens is 236 g/mol. The maximum Gasteiger partial charge on any atom is 0.270 e. The second-order valence-corrected chi connectivity index (χ2v) is 5.81. The highest BCUT2D eigenvalue weighted by Gasteiger charge is 2.29. The monoisotopic (exact) mass is 256 g/mol. The van der Waals surface area contributed by atoms with Crippen molar-refractivity contribution >= 4 is 16.8 Å². The van der Waals surface area contributed by atoms with E-state index in [0.29, 0.717) is 17.5 Å². The Hall–Kier alpha value is -1.77. The van der Waals surface area contributed by atoms with Crippen molar-refractivity contribution in [2.24, 2.45) is 11.8 Å². The number of para-hydroxylation sites is 1. The van der Waals surface area contributed by atoms with Gasteiger partial charge in [-0.05, 0) is 30.4 Å². The Labute approximate surface area is 113 Å². The molecule has 3 heteroatoms. The molecule has 1 atom stereocenters. The number of hydrogen-bond acceptors (Lipinski definition) is 1. The number of fused-ring (bicyclic) bond motifs is 1. The third-order valence-electron chi connectivity index (χ3n) is 4.22. The lowest BCUT2D eigenvalue weighted by Crippen LogP contribution is -2.29. The van der Waals surface area contributed by atoms with Crippen LogP contribution in [0.5, 0.6) is 0 Å². The first-order valence-corrected chi connectivity index (χ1v) is 7.02. The SMILES string of the molecule is CC(C)C1CCN(C(=O)c2cc3ccccc3[nH]2)C1. The van der Waals surface area contributed by atoms with Gasteiger partial charge in [0.15, 0.2) is 0 Å². The number of H-pyrrole nitrogens is 1. The molecule has 1 aliphatic heterocycles. The molecule has 1 unspecified atom stereocenters. The molecule has 1 fully saturated rings. The Morgan fingerprint density at radius 3 is 2.84 bits per heavy atom. The number of likely N-dealkylation sites (tertiary alicyclic amines) is 1. The molecule has 100 valence electrons. The van der Waals surface area contributed by atoms with E-state index < -0.39 is 0 Å². The highest BCUT2D eigenvalue weighted by atomic mass is 16.2. The summed E-state index contributed by atoms with van der Waals surface area (Å²) in [4.78, 5) is 17.7. The van der Waals surface area contributed by atoms with Crippen LogP contribution in [0.15, 0.2) is 30.3 Å². The van der Waals surface area contributed by atoms with Crippen LogP contribution in [-0.2, 0) is 0 Å². The van der Waals surface area contributed by atoms with E-state index >= 15 is 0 Å². The van der Waals surface area contributed by atoms with Gasteiger partial charge in [0.2, 0.25) is 0 Å². The molecule has 1 aromatic heterocycles. The smallest absolute Gasteiger partial charge is 0.270 e. The molecule has 1 N–H and O–H groups in total. The van der Waals surface area contributed by atoms with Gasteiger partial charge in [0.05, 0.1) is 0 Å². The van der Waals surface area contributed by atoms with Crippen molar-refractivity contribution in [2.75, 3.05) is 13.1 Å². The second kappa shape index (κ2) is 4.72. The van der Waals surface area contributed by atoms with Crippen LogP contribution in [0.1, 0.15) is 30.8 Å². The lowest BCUT2D eigenvalue weighted by atomic mass is 9.95. The molecule has 3 nitrogen and oxygen atoms in total. The Bertz CT molecular complexity index is 567. The van der Waals surface area contributed by atoms with Crippen LogP contribution in [0.3, 0.4) is 0 Å². The van der Waals surface area contributed by atoms with Crippen LogP contribution in [0.4, 0.5) is 0 Å². The highest BCUT2D eigenvalue weighted by molar-refractivity contribution is 5.98. The third kappa shape index (κ3) is 2.25. The number of hydrogen-bond donors (Lipinski definition) is 1. The largest absolute Gasteiger partial charge is 0.351 e. The topological polar surface area (TPSA) is 36.1 Å². The van der Waals surface area contributed by atoms with Gasteiger partial charge in [0.1, 0.15) is 5.69 Å². The summed E-state index contributed by atoms with van der Waals surface area (Å²) < 4.78 is 0. The van der Waals surface area contributed by atoms with Gasteiger partial charge in [-0.3, -0.25) is 4.79 Å². The zero-order chi connectivity index (χ0) is 13.4. The molecule has 1 saturated heterocycles. The average Bonchev–Trinajstić information content (AvgIpc) is 3.04. The second-order valence-electron chi connectivity index (χ2n) is 5.81. The van der Waals surface area contributed by atoms with Crippen LogP contribution < -0.4 is 0 Å². The van der Waals surface area contributed by atoms with Gasteiger partial charge in [-0.25, -0.2) is 0 Å². The summed E-state index contributed by atoms with van der Waals surface area (Å²) in [5.41, 5.74) is 1.75. The molecule has 1 amide bonds. The normalized spacial score (nSPS) is 19.5. The van der Waals surface area contributed by atoms with Gasteiger partial charge in [0, 0.05) is 24.0 Å².